The standard InChI is InChI=1S/C15H16IN3O2/c1-2-13-7-15(21)19(10-18-13)9-14(20)17-8-11-3-5-12(16)6-4-11/h3-7,10H,2,8-9H2,1H3,(H,17,20). The van der Waals surface area contributed by atoms with Gasteiger partial charge in [-0.25, -0.2) is 4.98 Å². The Kier molecular flexibility index (Phi) is 5.49. The predicted molar refractivity (Wildman–Crippen MR) is 88.9 cm³/mol. The van der Waals surface area contributed by atoms with E-state index in [9.17, 15) is 9.59 Å². The molecule has 0 aliphatic carbocycles. The lowest BCUT2D eigenvalue weighted by molar-refractivity contribution is -0.121. The zero-order valence-electron chi connectivity index (χ0n) is 11.7. The quantitative estimate of drug-likeness (QED) is 0.782. The summed E-state index contributed by atoms with van der Waals surface area (Å²) in [6, 6.07) is 9.37. The Hall–Kier alpha value is -1.70. The molecule has 21 heavy (non-hydrogen) atoms. The molecular weight excluding hydrogens is 381 g/mol. The van der Waals surface area contributed by atoms with Crippen LogP contribution in [-0.2, 0) is 24.3 Å². The van der Waals surface area contributed by atoms with Crippen molar-refractivity contribution in [1.29, 1.82) is 0 Å². The molecule has 0 spiro atoms. The van der Waals surface area contributed by atoms with Gasteiger partial charge < -0.3 is 5.32 Å². The molecule has 0 unspecified atom stereocenters. The maximum atomic E-state index is 11.9. The zero-order valence-corrected chi connectivity index (χ0v) is 13.8. The van der Waals surface area contributed by atoms with Crippen LogP contribution in [0.1, 0.15) is 18.2 Å². The van der Waals surface area contributed by atoms with Crippen LogP contribution in [0.15, 0.2) is 41.5 Å². The molecule has 1 heterocycles. The van der Waals surface area contributed by atoms with Crippen LogP contribution in [0.4, 0.5) is 0 Å². The predicted octanol–water partition coefficient (Wildman–Crippen LogP) is 1.73. The van der Waals surface area contributed by atoms with E-state index >= 15 is 0 Å². The third-order valence-electron chi connectivity index (χ3n) is 3.02. The van der Waals surface area contributed by atoms with Crippen molar-refractivity contribution in [3.05, 3.63) is 61.8 Å². The summed E-state index contributed by atoms with van der Waals surface area (Å²) in [6.45, 7) is 2.37. The fourth-order valence-electron chi connectivity index (χ4n) is 1.79. The van der Waals surface area contributed by atoms with Gasteiger partial charge in [-0.1, -0.05) is 19.1 Å². The number of nitrogens with one attached hydrogen (secondary N) is 1. The Morgan fingerprint density at radius 2 is 2.05 bits per heavy atom. The highest BCUT2D eigenvalue weighted by atomic mass is 127. The number of hydrogen-bond donors (Lipinski definition) is 1. The highest BCUT2D eigenvalue weighted by molar-refractivity contribution is 14.1. The van der Waals surface area contributed by atoms with Crippen LogP contribution in [0, 0.1) is 3.57 Å². The summed E-state index contributed by atoms with van der Waals surface area (Å²) >= 11 is 2.23. The number of benzene rings is 1. The summed E-state index contributed by atoms with van der Waals surface area (Å²) in [6.07, 6.45) is 2.13. The second kappa shape index (κ2) is 7.35. The first-order chi connectivity index (χ1) is 10.1. The maximum Gasteiger partial charge on any atom is 0.253 e. The van der Waals surface area contributed by atoms with E-state index in [4.69, 9.17) is 0 Å². The highest BCUT2D eigenvalue weighted by Crippen LogP contribution is 2.06. The molecule has 0 aliphatic heterocycles. The lowest BCUT2D eigenvalue weighted by Crippen LogP contribution is -2.32. The Balaban J connectivity index is 1.92. The number of nitrogens with zero attached hydrogens (tertiary/aromatic N) is 2. The van der Waals surface area contributed by atoms with E-state index in [-0.39, 0.29) is 18.0 Å². The van der Waals surface area contributed by atoms with Gasteiger partial charge in [0.05, 0.1) is 6.33 Å². The van der Waals surface area contributed by atoms with Gasteiger partial charge in [0.15, 0.2) is 0 Å². The van der Waals surface area contributed by atoms with Gasteiger partial charge in [0.2, 0.25) is 5.91 Å². The van der Waals surface area contributed by atoms with Crippen molar-refractivity contribution in [2.24, 2.45) is 0 Å². The first-order valence-corrected chi connectivity index (χ1v) is 7.73. The minimum atomic E-state index is -0.207. The van der Waals surface area contributed by atoms with Gasteiger partial charge in [-0.3, -0.25) is 14.2 Å². The number of hydrogen-bond acceptors (Lipinski definition) is 3. The van der Waals surface area contributed by atoms with Gasteiger partial charge >= 0.3 is 0 Å². The summed E-state index contributed by atoms with van der Waals surface area (Å²) in [5.74, 6) is -0.207. The molecule has 1 amide bonds. The molecule has 0 bridgehead atoms. The molecule has 0 saturated heterocycles. The molecule has 0 saturated carbocycles. The number of halogens is 1. The molecule has 0 aliphatic rings. The Bertz CT molecular complexity index is 680. The number of carbonyl (C=O) groups is 1. The molecule has 0 atom stereocenters. The topological polar surface area (TPSA) is 64.0 Å². The summed E-state index contributed by atoms with van der Waals surface area (Å²) < 4.78 is 2.46. The van der Waals surface area contributed by atoms with Crippen molar-refractivity contribution in [2.45, 2.75) is 26.4 Å². The fourth-order valence-corrected chi connectivity index (χ4v) is 2.15. The largest absolute Gasteiger partial charge is 0.350 e. The molecule has 2 rings (SSSR count). The minimum absolute atomic E-state index is 0.0137. The SMILES string of the molecule is CCc1cc(=O)n(CC(=O)NCc2ccc(I)cc2)cn1. The Morgan fingerprint density at radius 1 is 1.33 bits per heavy atom. The van der Waals surface area contributed by atoms with Crippen LogP contribution in [-0.4, -0.2) is 15.5 Å². The van der Waals surface area contributed by atoms with Crippen molar-refractivity contribution in [3.8, 4) is 0 Å². The normalized spacial score (nSPS) is 10.4. The van der Waals surface area contributed by atoms with Gasteiger partial charge in [0.25, 0.3) is 5.56 Å². The number of amides is 1. The average Bonchev–Trinajstić information content (AvgIpc) is 2.48. The van der Waals surface area contributed by atoms with Crippen LogP contribution >= 0.6 is 22.6 Å². The van der Waals surface area contributed by atoms with Crippen LogP contribution < -0.4 is 10.9 Å². The van der Waals surface area contributed by atoms with Crippen LogP contribution in [0.2, 0.25) is 0 Å². The summed E-state index contributed by atoms with van der Waals surface area (Å²) in [7, 11) is 0. The van der Waals surface area contributed by atoms with Gasteiger partial charge in [-0.15, -0.1) is 0 Å². The molecule has 2 aromatic rings. The minimum Gasteiger partial charge on any atom is -0.350 e. The summed E-state index contributed by atoms with van der Waals surface area (Å²) in [5, 5.41) is 2.79. The third kappa shape index (κ3) is 4.66. The monoisotopic (exact) mass is 397 g/mol. The van der Waals surface area contributed by atoms with Crippen molar-refractivity contribution >= 4 is 28.5 Å². The van der Waals surface area contributed by atoms with E-state index in [2.05, 4.69) is 32.9 Å². The van der Waals surface area contributed by atoms with Crippen LogP contribution in [0.5, 0.6) is 0 Å². The third-order valence-corrected chi connectivity index (χ3v) is 3.73. The van der Waals surface area contributed by atoms with E-state index in [1.165, 1.54) is 17.0 Å². The second-order valence-corrected chi connectivity index (χ2v) is 5.85. The average molecular weight is 397 g/mol. The van der Waals surface area contributed by atoms with Crippen LogP contribution in [0.25, 0.3) is 0 Å². The maximum absolute atomic E-state index is 11.9. The number of carbonyl (C=O) groups excluding carboxylic acids is 1. The summed E-state index contributed by atoms with van der Waals surface area (Å²) in [5.41, 5.74) is 1.55. The first-order valence-electron chi connectivity index (χ1n) is 6.65. The van der Waals surface area contributed by atoms with Gasteiger partial charge in [0.1, 0.15) is 6.54 Å². The van der Waals surface area contributed by atoms with E-state index < -0.39 is 0 Å². The molecule has 1 aromatic carbocycles. The Morgan fingerprint density at radius 3 is 2.67 bits per heavy atom. The summed E-state index contributed by atoms with van der Waals surface area (Å²) in [4.78, 5) is 27.8. The van der Waals surface area contributed by atoms with Crippen molar-refractivity contribution in [1.82, 2.24) is 14.9 Å². The van der Waals surface area contributed by atoms with Gasteiger partial charge in [-0.2, -0.15) is 0 Å². The first kappa shape index (κ1) is 15.7. The molecule has 1 aromatic heterocycles. The van der Waals surface area contributed by atoms with Crippen molar-refractivity contribution < 1.29 is 4.79 Å². The zero-order chi connectivity index (χ0) is 15.2. The van der Waals surface area contributed by atoms with Crippen LogP contribution in [0.3, 0.4) is 0 Å². The molecule has 6 heteroatoms. The molecule has 1 N–H and O–H groups in total. The number of aryl methyl sites for hydroxylation is 1. The number of rotatable bonds is 5. The van der Waals surface area contributed by atoms with Crippen molar-refractivity contribution in [3.63, 3.8) is 0 Å². The van der Waals surface area contributed by atoms with Gasteiger partial charge in [-0.05, 0) is 46.7 Å². The number of aromatic nitrogens is 2. The molecular formula is C15H16IN3O2. The van der Waals surface area contributed by atoms with E-state index in [0.717, 1.165) is 14.8 Å². The highest BCUT2D eigenvalue weighted by Gasteiger charge is 2.05. The smallest absolute Gasteiger partial charge is 0.253 e. The lowest BCUT2D eigenvalue weighted by Gasteiger charge is -2.07. The molecule has 0 fully saturated rings. The Labute approximate surface area is 136 Å². The molecule has 5 nitrogen and oxygen atoms in total. The van der Waals surface area contributed by atoms with E-state index in [1.807, 2.05) is 31.2 Å². The lowest BCUT2D eigenvalue weighted by atomic mass is 10.2. The van der Waals surface area contributed by atoms with E-state index in [1.54, 1.807) is 0 Å². The van der Waals surface area contributed by atoms with Gasteiger partial charge in [0, 0.05) is 21.9 Å². The van der Waals surface area contributed by atoms with E-state index in [0.29, 0.717) is 13.0 Å². The van der Waals surface area contributed by atoms with Crippen molar-refractivity contribution in [2.75, 3.05) is 0 Å². The molecule has 110 valence electrons. The fraction of sp³-hybridized carbons (Fsp3) is 0.267. The molecule has 0 radical (unpaired) electrons. The second-order valence-electron chi connectivity index (χ2n) is 4.60.